The number of carbonyl (C=O) groups is 1. The molecule has 3 heteroatoms. The smallest absolute Gasteiger partial charge is 0.217 e. The summed E-state index contributed by atoms with van der Waals surface area (Å²) >= 11 is 0. The fourth-order valence-electron chi connectivity index (χ4n) is 3.60. The number of benzene rings is 1. The Bertz CT molecular complexity index is 567. The lowest BCUT2D eigenvalue weighted by molar-refractivity contribution is 0.0953. The first kappa shape index (κ1) is 19.5. The monoisotopic (exact) mass is 349 g/mol. The molecule has 0 aromatic heterocycles. The van der Waals surface area contributed by atoms with E-state index in [4.69, 9.17) is 4.74 Å². The molecule has 0 unspecified atom stereocenters. The van der Waals surface area contributed by atoms with Crippen molar-refractivity contribution in [1.29, 1.82) is 0 Å². The van der Waals surface area contributed by atoms with Gasteiger partial charge in [0.1, 0.15) is 11.5 Å². The van der Waals surface area contributed by atoms with E-state index in [1.807, 2.05) is 0 Å². The van der Waals surface area contributed by atoms with Crippen LogP contribution in [0.1, 0.15) is 80.4 Å². The molecule has 0 aliphatic carbocycles. The Balaban J connectivity index is 2.44. The molecule has 0 N–H and O–H groups in total. The minimum atomic E-state index is -0.304. The summed E-state index contributed by atoms with van der Waals surface area (Å²) in [5.74, 6) is 3.20. The second-order valence-electron chi connectivity index (χ2n) is 7.94. The van der Waals surface area contributed by atoms with E-state index in [0.717, 1.165) is 30.3 Å². The van der Waals surface area contributed by atoms with Crippen molar-refractivity contribution in [2.45, 2.75) is 65.0 Å². The third-order valence-corrected chi connectivity index (χ3v) is 8.16. The van der Waals surface area contributed by atoms with Crippen molar-refractivity contribution in [2.24, 2.45) is 0 Å². The van der Waals surface area contributed by atoms with E-state index in [0.29, 0.717) is 17.6 Å². The van der Waals surface area contributed by atoms with Gasteiger partial charge in [-0.3, -0.25) is 4.79 Å². The third-order valence-electron chi connectivity index (χ3n) is 5.21. The number of rotatable bonds is 5. The Hall–Kier alpha value is -0.800. The molecule has 1 aliphatic rings. The van der Waals surface area contributed by atoms with Crippen molar-refractivity contribution in [3.05, 3.63) is 34.4 Å². The molecular weight excluding hydrogens is 316 g/mol. The van der Waals surface area contributed by atoms with Gasteiger partial charge in [0.25, 0.3) is 0 Å². The highest BCUT2D eigenvalue weighted by Crippen LogP contribution is 2.32. The average Bonchev–Trinajstić information content (AvgIpc) is 2.54. The van der Waals surface area contributed by atoms with Crippen molar-refractivity contribution in [3.8, 4) is 0 Å². The van der Waals surface area contributed by atoms with Crippen LogP contribution in [0.4, 0.5) is 0 Å². The quantitative estimate of drug-likeness (QED) is 0.561. The molecular formula is C21H33O2S+. The van der Waals surface area contributed by atoms with E-state index in [1.165, 1.54) is 16.7 Å². The molecule has 1 fully saturated rings. The molecule has 1 aromatic rings. The highest BCUT2D eigenvalue weighted by molar-refractivity contribution is 7.99. The lowest BCUT2D eigenvalue weighted by Crippen LogP contribution is -2.47. The van der Waals surface area contributed by atoms with Gasteiger partial charge in [-0.2, -0.15) is 0 Å². The number of hydrogen-bond acceptors (Lipinski definition) is 2. The van der Waals surface area contributed by atoms with Crippen LogP contribution in [0.5, 0.6) is 0 Å². The summed E-state index contributed by atoms with van der Waals surface area (Å²) in [4.78, 5) is 13.4. The average molecular weight is 350 g/mol. The van der Waals surface area contributed by atoms with Crippen molar-refractivity contribution in [1.82, 2.24) is 0 Å². The number of Topliss-reactive ketones (excluding diaryl/α,β-unsaturated/α-hetero) is 1. The Kier molecular flexibility index (Phi) is 6.19. The number of carbonyl (C=O) groups excluding carboxylic acids is 1. The van der Waals surface area contributed by atoms with Crippen LogP contribution in [-0.4, -0.2) is 35.2 Å². The summed E-state index contributed by atoms with van der Waals surface area (Å²) in [6, 6.07) is 4.31. The minimum absolute atomic E-state index is 0.0999. The number of ketones is 1. The van der Waals surface area contributed by atoms with E-state index >= 15 is 0 Å². The minimum Gasteiger partial charge on any atom is -0.372 e. The maximum atomic E-state index is 13.4. The normalized spacial score (nSPS) is 16.9. The third kappa shape index (κ3) is 3.88. The van der Waals surface area contributed by atoms with Gasteiger partial charge in [0.15, 0.2) is 4.75 Å². The van der Waals surface area contributed by atoms with E-state index in [9.17, 15) is 4.79 Å². The largest absolute Gasteiger partial charge is 0.372 e. The molecule has 0 spiro atoms. The lowest BCUT2D eigenvalue weighted by Gasteiger charge is -2.28. The molecule has 0 atom stereocenters. The van der Waals surface area contributed by atoms with Crippen LogP contribution in [0.25, 0.3) is 0 Å². The van der Waals surface area contributed by atoms with Gasteiger partial charge < -0.3 is 4.74 Å². The van der Waals surface area contributed by atoms with Crippen LogP contribution in [0, 0.1) is 6.92 Å². The first-order chi connectivity index (χ1) is 11.2. The standard InChI is InChI=1S/C21H33O2S/c1-14(2)18-12-17(13-19(15(3)4)16(18)5)20(22)21(6,7)24-10-8-23-9-11-24/h12-15H,8-11H2,1-7H3/q+1. The topological polar surface area (TPSA) is 26.3 Å². The van der Waals surface area contributed by atoms with E-state index in [-0.39, 0.29) is 15.6 Å². The molecule has 0 saturated carbocycles. The van der Waals surface area contributed by atoms with Gasteiger partial charge in [-0.25, -0.2) is 0 Å². The molecule has 0 amide bonds. The molecule has 2 nitrogen and oxygen atoms in total. The number of hydrogen-bond donors (Lipinski definition) is 0. The molecule has 24 heavy (non-hydrogen) atoms. The molecule has 134 valence electrons. The van der Waals surface area contributed by atoms with Crippen LogP contribution in [0.3, 0.4) is 0 Å². The van der Waals surface area contributed by atoms with Gasteiger partial charge in [0.05, 0.1) is 13.2 Å². The molecule has 0 radical (unpaired) electrons. The molecule has 2 rings (SSSR count). The Morgan fingerprint density at radius 2 is 1.50 bits per heavy atom. The van der Waals surface area contributed by atoms with Crippen molar-refractivity contribution in [2.75, 3.05) is 24.7 Å². The van der Waals surface area contributed by atoms with Crippen LogP contribution < -0.4 is 0 Å². The second kappa shape index (κ2) is 7.61. The van der Waals surface area contributed by atoms with E-state index in [2.05, 4.69) is 60.6 Å². The predicted octanol–water partition coefficient (Wildman–Crippen LogP) is 4.85. The summed E-state index contributed by atoms with van der Waals surface area (Å²) in [6.45, 7) is 16.9. The summed E-state index contributed by atoms with van der Waals surface area (Å²) in [5.41, 5.74) is 4.88. The Labute approximate surface area is 150 Å². The zero-order valence-corrected chi connectivity index (χ0v) is 17.2. The van der Waals surface area contributed by atoms with Crippen molar-refractivity contribution < 1.29 is 9.53 Å². The zero-order chi connectivity index (χ0) is 18.1. The van der Waals surface area contributed by atoms with Gasteiger partial charge in [-0.1, -0.05) is 27.7 Å². The molecule has 0 bridgehead atoms. The Morgan fingerprint density at radius 1 is 1.04 bits per heavy atom. The molecule has 1 saturated heterocycles. The first-order valence-electron chi connectivity index (χ1n) is 9.10. The predicted molar refractivity (Wildman–Crippen MR) is 106 cm³/mol. The van der Waals surface area contributed by atoms with Gasteiger partial charge in [0, 0.05) is 16.5 Å². The van der Waals surface area contributed by atoms with Gasteiger partial charge in [0.2, 0.25) is 5.78 Å². The maximum absolute atomic E-state index is 13.4. The van der Waals surface area contributed by atoms with E-state index < -0.39 is 0 Å². The van der Waals surface area contributed by atoms with Gasteiger partial charge in [-0.05, 0) is 61.4 Å². The lowest BCUT2D eigenvalue weighted by atomic mass is 9.85. The summed E-state index contributed by atoms with van der Waals surface area (Å²) in [7, 11) is 0.0999. The zero-order valence-electron chi connectivity index (χ0n) is 16.4. The Morgan fingerprint density at radius 3 is 1.92 bits per heavy atom. The molecule has 1 aliphatic heterocycles. The van der Waals surface area contributed by atoms with Crippen LogP contribution in [0.15, 0.2) is 12.1 Å². The second-order valence-corrected chi connectivity index (χ2v) is 10.8. The highest BCUT2D eigenvalue weighted by atomic mass is 32.2. The summed E-state index contributed by atoms with van der Waals surface area (Å²) < 4.78 is 5.19. The summed E-state index contributed by atoms with van der Waals surface area (Å²) in [5, 5.41) is 0. The number of ether oxygens (including phenoxy) is 1. The maximum Gasteiger partial charge on any atom is 0.217 e. The van der Waals surface area contributed by atoms with Gasteiger partial charge in [-0.15, -0.1) is 0 Å². The van der Waals surface area contributed by atoms with Crippen LogP contribution >= 0.6 is 0 Å². The fourth-order valence-corrected chi connectivity index (χ4v) is 5.85. The van der Waals surface area contributed by atoms with Crippen molar-refractivity contribution >= 4 is 16.7 Å². The molecule has 1 aromatic carbocycles. The van der Waals surface area contributed by atoms with Crippen LogP contribution in [-0.2, 0) is 15.6 Å². The van der Waals surface area contributed by atoms with Crippen molar-refractivity contribution in [3.63, 3.8) is 0 Å². The van der Waals surface area contributed by atoms with Gasteiger partial charge >= 0.3 is 0 Å². The fraction of sp³-hybridized carbons (Fsp3) is 0.667. The van der Waals surface area contributed by atoms with E-state index in [1.54, 1.807) is 0 Å². The SMILES string of the molecule is Cc1c(C(C)C)cc(C(=O)C(C)(C)[S+]2CCOCC2)cc1C(C)C. The molecule has 1 heterocycles. The highest BCUT2D eigenvalue weighted by Gasteiger charge is 2.46. The summed E-state index contributed by atoms with van der Waals surface area (Å²) in [6.07, 6.45) is 0. The first-order valence-corrected chi connectivity index (χ1v) is 10.7. The van der Waals surface area contributed by atoms with Crippen LogP contribution in [0.2, 0.25) is 0 Å².